The smallest absolute Gasteiger partial charge is 0.417 e. The van der Waals surface area contributed by atoms with Crippen molar-refractivity contribution in [1.82, 2.24) is 10.3 Å². The van der Waals surface area contributed by atoms with Crippen LogP contribution in [0.4, 0.5) is 13.2 Å². The first-order valence-electron chi connectivity index (χ1n) is 8.84. The van der Waals surface area contributed by atoms with Crippen LogP contribution in [0.1, 0.15) is 41.6 Å². The zero-order chi connectivity index (χ0) is 19.6. The standard InChI is InChI=1S/C19H21F3N2O3/c1-27-18(26)13-4-2-11(3-5-13)10-24-17(25)15-14(19(20,21)22)7-6-12-8-9-23-16(12)15/h6-9,11,13,23H,2-5,10H2,1H3,(H,24,25)/t11-,13-. The number of ether oxygens (including phenoxy) is 1. The summed E-state index contributed by atoms with van der Waals surface area (Å²) in [5.41, 5.74) is -1.16. The number of halogens is 3. The summed E-state index contributed by atoms with van der Waals surface area (Å²) in [4.78, 5) is 26.9. The molecule has 1 aliphatic rings. The lowest BCUT2D eigenvalue weighted by atomic mass is 9.82. The van der Waals surface area contributed by atoms with Crippen LogP contribution in [0.15, 0.2) is 24.4 Å². The van der Waals surface area contributed by atoms with Gasteiger partial charge in [0.05, 0.1) is 29.7 Å². The van der Waals surface area contributed by atoms with Crippen LogP contribution in [0.5, 0.6) is 0 Å². The van der Waals surface area contributed by atoms with Crippen LogP contribution in [0.25, 0.3) is 10.9 Å². The van der Waals surface area contributed by atoms with E-state index < -0.39 is 17.6 Å². The van der Waals surface area contributed by atoms with Crippen LogP contribution < -0.4 is 5.32 Å². The second kappa shape index (κ2) is 7.62. The van der Waals surface area contributed by atoms with E-state index in [1.54, 1.807) is 6.07 Å². The first kappa shape index (κ1) is 19.3. The topological polar surface area (TPSA) is 71.2 Å². The Morgan fingerprint density at radius 1 is 1.19 bits per heavy atom. The van der Waals surface area contributed by atoms with Gasteiger partial charge in [-0.25, -0.2) is 0 Å². The number of aromatic nitrogens is 1. The normalized spacial score (nSPS) is 20.4. The predicted octanol–water partition coefficient (Wildman–Crippen LogP) is 3.90. The SMILES string of the molecule is COC(=O)[C@H]1CC[C@H](CNC(=O)c2c(C(F)(F)F)ccc3cc[nH]c23)CC1. The van der Waals surface area contributed by atoms with E-state index in [1.165, 1.54) is 19.4 Å². The number of benzene rings is 1. The van der Waals surface area contributed by atoms with Crippen LogP contribution in [-0.4, -0.2) is 30.5 Å². The van der Waals surface area contributed by atoms with Crippen molar-refractivity contribution < 1.29 is 27.5 Å². The minimum atomic E-state index is -4.62. The molecule has 1 heterocycles. The molecule has 1 aromatic heterocycles. The predicted molar refractivity (Wildman–Crippen MR) is 93.1 cm³/mol. The van der Waals surface area contributed by atoms with E-state index in [0.29, 0.717) is 18.2 Å². The Hall–Kier alpha value is -2.51. The number of esters is 1. The van der Waals surface area contributed by atoms with Crippen molar-refractivity contribution in [2.75, 3.05) is 13.7 Å². The summed E-state index contributed by atoms with van der Waals surface area (Å²) >= 11 is 0. The maximum absolute atomic E-state index is 13.4. The zero-order valence-corrected chi connectivity index (χ0v) is 14.9. The fourth-order valence-corrected chi connectivity index (χ4v) is 3.69. The molecule has 1 aliphatic carbocycles. The lowest BCUT2D eigenvalue weighted by Gasteiger charge is -2.27. The van der Waals surface area contributed by atoms with E-state index in [1.807, 2.05) is 0 Å². The highest BCUT2D eigenvalue weighted by atomic mass is 19.4. The molecule has 3 rings (SSSR count). The molecule has 1 fully saturated rings. The van der Waals surface area contributed by atoms with Gasteiger partial charge in [-0.3, -0.25) is 9.59 Å². The quantitative estimate of drug-likeness (QED) is 0.788. The Morgan fingerprint density at radius 2 is 1.89 bits per heavy atom. The van der Waals surface area contributed by atoms with Crippen molar-refractivity contribution in [3.8, 4) is 0 Å². The van der Waals surface area contributed by atoms with Gasteiger partial charge in [-0.2, -0.15) is 13.2 Å². The number of alkyl halides is 3. The summed E-state index contributed by atoms with van der Waals surface area (Å²) in [5, 5.41) is 3.19. The van der Waals surface area contributed by atoms with Crippen LogP contribution in [0.3, 0.4) is 0 Å². The number of H-pyrrole nitrogens is 1. The van der Waals surface area contributed by atoms with Crippen molar-refractivity contribution in [2.24, 2.45) is 11.8 Å². The van der Waals surface area contributed by atoms with E-state index >= 15 is 0 Å². The van der Waals surface area contributed by atoms with Gasteiger partial charge in [0.15, 0.2) is 0 Å². The first-order valence-corrected chi connectivity index (χ1v) is 8.84. The fraction of sp³-hybridized carbons (Fsp3) is 0.474. The number of methoxy groups -OCH3 is 1. The van der Waals surface area contributed by atoms with Crippen molar-refractivity contribution in [3.63, 3.8) is 0 Å². The lowest BCUT2D eigenvalue weighted by Crippen LogP contribution is -2.33. The summed E-state index contributed by atoms with van der Waals surface area (Å²) < 4.78 is 44.8. The molecule has 1 saturated carbocycles. The average molecular weight is 382 g/mol. The Bertz CT molecular complexity index is 836. The number of nitrogens with one attached hydrogen (secondary N) is 2. The number of amides is 1. The van der Waals surface area contributed by atoms with Crippen molar-refractivity contribution >= 4 is 22.8 Å². The van der Waals surface area contributed by atoms with Gasteiger partial charge in [-0.15, -0.1) is 0 Å². The molecule has 1 amide bonds. The highest BCUT2D eigenvalue weighted by Crippen LogP contribution is 2.35. The maximum atomic E-state index is 13.4. The molecule has 0 unspecified atom stereocenters. The number of fused-ring (bicyclic) bond motifs is 1. The lowest BCUT2D eigenvalue weighted by molar-refractivity contribution is -0.146. The van der Waals surface area contributed by atoms with E-state index in [0.717, 1.165) is 18.9 Å². The van der Waals surface area contributed by atoms with Gasteiger partial charge in [-0.1, -0.05) is 6.07 Å². The van der Waals surface area contributed by atoms with Gasteiger partial charge >= 0.3 is 12.1 Å². The molecule has 8 heteroatoms. The molecule has 0 spiro atoms. The molecule has 2 N–H and O–H groups in total. The minimum absolute atomic E-state index is 0.132. The van der Waals surface area contributed by atoms with E-state index in [2.05, 4.69) is 10.3 Å². The third kappa shape index (κ3) is 4.09. The third-order valence-corrected chi connectivity index (χ3v) is 5.19. The second-order valence-electron chi connectivity index (χ2n) is 6.88. The van der Waals surface area contributed by atoms with E-state index in [-0.39, 0.29) is 35.4 Å². The molecule has 0 radical (unpaired) electrons. The third-order valence-electron chi connectivity index (χ3n) is 5.19. The van der Waals surface area contributed by atoms with Gasteiger partial charge < -0.3 is 15.0 Å². The summed E-state index contributed by atoms with van der Waals surface area (Å²) in [6.07, 6.45) is -0.349. The summed E-state index contributed by atoms with van der Waals surface area (Å²) in [6.45, 7) is 0.279. The highest BCUT2D eigenvalue weighted by Gasteiger charge is 2.36. The highest BCUT2D eigenvalue weighted by molar-refractivity contribution is 6.07. The Morgan fingerprint density at radius 3 is 2.52 bits per heavy atom. The van der Waals surface area contributed by atoms with Gasteiger partial charge in [0, 0.05) is 18.1 Å². The molecule has 2 aromatic rings. The number of hydrogen-bond acceptors (Lipinski definition) is 3. The molecule has 0 bridgehead atoms. The molecule has 5 nitrogen and oxygen atoms in total. The van der Waals surface area contributed by atoms with Gasteiger partial charge in [0.2, 0.25) is 0 Å². The van der Waals surface area contributed by atoms with Gasteiger partial charge in [-0.05, 0) is 43.7 Å². The van der Waals surface area contributed by atoms with Crippen molar-refractivity contribution in [3.05, 3.63) is 35.5 Å². The van der Waals surface area contributed by atoms with Crippen molar-refractivity contribution in [2.45, 2.75) is 31.9 Å². The molecule has 27 heavy (non-hydrogen) atoms. The molecule has 1 aromatic carbocycles. The molecule has 0 atom stereocenters. The minimum Gasteiger partial charge on any atom is -0.469 e. The number of hydrogen-bond donors (Lipinski definition) is 2. The molecular formula is C19H21F3N2O3. The van der Waals surface area contributed by atoms with Crippen LogP contribution in [0.2, 0.25) is 0 Å². The van der Waals surface area contributed by atoms with Crippen LogP contribution in [-0.2, 0) is 15.7 Å². The van der Waals surface area contributed by atoms with Crippen LogP contribution >= 0.6 is 0 Å². The fourth-order valence-electron chi connectivity index (χ4n) is 3.69. The Kier molecular flexibility index (Phi) is 5.43. The molecular weight excluding hydrogens is 361 g/mol. The number of carbonyl (C=O) groups is 2. The van der Waals surface area contributed by atoms with Crippen molar-refractivity contribution in [1.29, 1.82) is 0 Å². The Labute approximate surface area is 154 Å². The largest absolute Gasteiger partial charge is 0.469 e. The molecule has 146 valence electrons. The molecule has 0 aliphatic heterocycles. The monoisotopic (exact) mass is 382 g/mol. The van der Waals surface area contributed by atoms with Gasteiger partial charge in [0.25, 0.3) is 5.91 Å². The van der Waals surface area contributed by atoms with E-state index in [9.17, 15) is 22.8 Å². The number of aromatic amines is 1. The zero-order valence-electron chi connectivity index (χ0n) is 14.9. The number of carbonyl (C=O) groups excluding carboxylic acids is 2. The summed E-state index contributed by atoms with van der Waals surface area (Å²) in [6, 6.07) is 3.91. The average Bonchev–Trinajstić information content (AvgIpc) is 3.13. The summed E-state index contributed by atoms with van der Waals surface area (Å²) in [7, 11) is 1.36. The molecule has 0 saturated heterocycles. The maximum Gasteiger partial charge on any atom is 0.417 e. The number of rotatable bonds is 4. The first-order chi connectivity index (χ1) is 12.8. The van der Waals surface area contributed by atoms with Crippen LogP contribution in [0, 0.1) is 11.8 Å². The summed E-state index contributed by atoms with van der Waals surface area (Å²) in [5.74, 6) is -0.977. The Balaban J connectivity index is 1.70. The van der Waals surface area contributed by atoms with E-state index in [4.69, 9.17) is 4.74 Å². The van der Waals surface area contributed by atoms with Gasteiger partial charge in [0.1, 0.15) is 0 Å². The second-order valence-corrected chi connectivity index (χ2v) is 6.88.